The van der Waals surface area contributed by atoms with E-state index in [1.807, 2.05) is 48.5 Å². The van der Waals surface area contributed by atoms with Gasteiger partial charge in [0, 0.05) is 17.0 Å². The summed E-state index contributed by atoms with van der Waals surface area (Å²) < 4.78 is 6.29. The van der Waals surface area contributed by atoms with E-state index < -0.39 is 0 Å². The zero-order chi connectivity index (χ0) is 24.6. The smallest absolute Gasteiger partial charge is 0.410 e. The highest BCUT2D eigenvalue weighted by Crippen LogP contribution is 2.45. The summed E-state index contributed by atoms with van der Waals surface area (Å²) in [4.78, 5) is 42.1. The average molecular weight is 516 g/mol. The Morgan fingerprint density at radius 2 is 1.81 bits per heavy atom. The topological polar surface area (TPSA) is 97.3 Å². The summed E-state index contributed by atoms with van der Waals surface area (Å²) in [5.41, 5.74) is 4.57. The lowest BCUT2D eigenvalue weighted by Gasteiger charge is -2.26. The second kappa shape index (κ2) is 9.29. The van der Waals surface area contributed by atoms with Crippen LogP contribution in [0.2, 0.25) is 0 Å². The number of rotatable bonds is 4. The van der Waals surface area contributed by atoms with Gasteiger partial charge in [-0.2, -0.15) is 0 Å². The molecule has 6 rings (SSSR count). The van der Waals surface area contributed by atoms with Crippen molar-refractivity contribution in [1.29, 1.82) is 0 Å². The number of thiophene rings is 1. The molecule has 1 aliphatic heterocycles. The number of hydrogen-bond donors (Lipinski definition) is 1. The number of fused-ring (bicyclic) bond motifs is 3. The number of hydrogen-bond acceptors (Lipinski definition) is 8. The van der Waals surface area contributed by atoms with Gasteiger partial charge in [0.25, 0.3) is 5.91 Å². The van der Waals surface area contributed by atoms with Crippen molar-refractivity contribution in [2.45, 2.75) is 19.9 Å². The van der Waals surface area contributed by atoms with Crippen LogP contribution in [0.1, 0.15) is 27.9 Å². The molecular formula is C26H21N5O3S2. The number of benzene rings is 2. The van der Waals surface area contributed by atoms with E-state index in [2.05, 4.69) is 15.3 Å². The van der Waals surface area contributed by atoms with E-state index in [-0.39, 0.29) is 17.7 Å². The molecular weight excluding hydrogens is 494 g/mol. The molecule has 3 aromatic heterocycles. The van der Waals surface area contributed by atoms with Crippen LogP contribution in [0.25, 0.3) is 31.8 Å². The molecule has 0 spiro atoms. The minimum absolute atomic E-state index is 0.239. The van der Waals surface area contributed by atoms with Gasteiger partial charge in [-0.1, -0.05) is 24.3 Å². The molecule has 8 nitrogen and oxygen atoms in total. The van der Waals surface area contributed by atoms with E-state index >= 15 is 0 Å². The van der Waals surface area contributed by atoms with Crippen molar-refractivity contribution in [2.75, 3.05) is 18.5 Å². The number of amides is 2. The van der Waals surface area contributed by atoms with Crippen LogP contribution in [0.4, 0.5) is 9.80 Å². The van der Waals surface area contributed by atoms with Gasteiger partial charge in [-0.3, -0.25) is 9.78 Å². The lowest BCUT2D eigenvalue weighted by Crippen LogP contribution is -2.35. The second-order valence-corrected chi connectivity index (χ2v) is 10.4. The van der Waals surface area contributed by atoms with Crippen molar-refractivity contribution in [2.24, 2.45) is 0 Å². The fourth-order valence-electron chi connectivity index (χ4n) is 4.30. The highest BCUT2D eigenvalue weighted by molar-refractivity contribution is 7.23. The minimum Gasteiger partial charge on any atom is -0.450 e. The molecule has 0 saturated heterocycles. The van der Waals surface area contributed by atoms with E-state index in [9.17, 15) is 9.59 Å². The first-order valence-corrected chi connectivity index (χ1v) is 13.2. The van der Waals surface area contributed by atoms with E-state index in [1.165, 1.54) is 17.5 Å². The maximum Gasteiger partial charge on any atom is 0.410 e. The average Bonchev–Trinajstić information content (AvgIpc) is 3.48. The van der Waals surface area contributed by atoms with Crippen molar-refractivity contribution in [3.05, 3.63) is 70.9 Å². The maximum atomic E-state index is 13.3. The van der Waals surface area contributed by atoms with Crippen LogP contribution in [0, 0.1) is 0 Å². The molecule has 0 radical (unpaired) electrons. The van der Waals surface area contributed by atoms with Crippen molar-refractivity contribution >= 4 is 60.9 Å². The molecule has 36 heavy (non-hydrogen) atoms. The molecule has 0 saturated carbocycles. The largest absolute Gasteiger partial charge is 0.450 e. The van der Waals surface area contributed by atoms with Gasteiger partial charge in [-0.05, 0) is 43.2 Å². The summed E-state index contributed by atoms with van der Waals surface area (Å²) in [6.45, 7) is 3.11. The summed E-state index contributed by atoms with van der Waals surface area (Å²) in [5.74, 6) is -0.337. The van der Waals surface area contributed by atoms with Gasteiger partial charge in [-0.25, -0.2) is 14.8 Å². The second-order valence-electron chi connectivity index (χ2n) is 8.26. The van der Waals surface area contributed by atoms with Gasteiger partial charge >= 0.3 is 6.09 Å². The first-order chi connectivity index (χ1) is 17.6. The Balaban J connectivity index is 1.40. The summed E-state index contributed by atoms with van der Waals surface area (Å²) in [6.07, 6.45) is 1.82. The Morgan fingerprint density at radius 3 is 2.61 bits per heavy atom. The molecule has 4 heterocycles. The molecule has 0 atom stereocenters. The summed E-state index contributed by atoms with van der Waals surface area (Å²) in [7, 11) is 0. The predicted octanol–water partition coefficient (Wildman–Crippen LogP) is 5.73. The number of para-hydroxylation sites is 3. The van der Waals surface area contributed by atoms with Crippen LogP contribution in [0.5, 0.6) is 0 Å². The zero-order valence-electron chi connectivity index (χ0n) is 19.4. The number of carbonyl (C=O) groups is 2. The van der Waals surface area contributed by atoms with Gasteiger partial charge in [0.15, 0.2) is 0 Å². The Morgan fingerprint density at radius 1 is 1.03 bits per heavy atom. The molecule has 10 heteroatoms. The van der Waals surface area contributed by atoms with Gasteiger partial charge < -0.3 is 15.0 Å². The van der Waals surface area contributed by atoms with Gasteiger partial charge in [0.2, 0.25) is 0 Å². The Hall–Kier alpha value is -3.89. The fraction of sp³-hybridized carbons (Fsp3) is 0.192. The molecule has 1 aliphatic rings. The fourth-order valence-corrected chi connectivity index (χ4v) is 6.67. The third-order valence-electron chi connectivity index (χ3n) is 6.00. The number of nitrogens with zero attached hydrogens (tertiary/aromatic N) is 4. The molecule has 1 N–H and O–H groups in total. The molecule has 2 aromatic carbocycles. The Kier molecular flexibility index (Phi) is 5.82. The van der Waals surface area contributed by atoms with E-state index in [4.69, 9.17) is 9.72 Å². The predicted molar refractivity (Wildman–Crippen MR) is 142 cm³/mol. The molecule has 0 aliphatic carbocycles. The number of anilines is 1. The monoisotopic (exact) mass is 515 g/mol. The lowest BCUT2D eigenvalue weighted by atomic mass is 10.0. The molecule has 0 bridgehead atoms. The van der Waals surface area contributed by atoms with Crippen molar-refractivity contribution in [3.8, 4) is 10.6 Å². The Labute approximate surface area is 214 Å². The van der Waals surface area contributed by atoms with E-state index in [0.717, 1.165) is 36.7 Å². The highest BCUT2D eigenvalue weighted by atomic mass is 32.1. The molecule has 180 valence electrons. The highest BCUT2D eigenvalue weighted by Gasteiger charge is 2.30. The van der Waals surface area contributed by atoms with Crippen molar-refractivity contribution in [3.63, 3.8) is 0 Å². The number of aromatic nitrogens is 3. The SMILES string of the molecule is CCOC(=O)N1CCc2c(sc(NC(=O)c3cnc4ccccc4n3)c2-c2nc3ccccc3s2)C1. The number of thiazole rings is 1. The minimum atomic E-state index is -0.337. The van der Waals surface area contributed by atoms with Crippen molar-refractivity contribution < 1.29 is 14.3 Å². The standard InChI is InChI=1S/C26H21N5O3S2/c1-2-34-26(33)31-12-11-15-21(14-31)36-25(22(15)24-29-18-9-5-6-10-20(18)35-24)30-23(32)19-13-27-16-7-3-4-8-17(16)28-19/h3-10,13H,2,11-12,14H2,1H3,(H,30,32). The molecule has 5 aromatic rings. The van der Waals surface area contributed by atoms with Gasteiger partial charge in [0.1, 0.15) is 15.7 Å². The maximum absolute atomic E-state index is 13.3. The first-order valence-electron chi connectivity index (χ1n) is 11.6. The zero-order valence-corrected chi connectivity index (χ0v) is 21.0. The van der Waals surface area contributed by atoms with Crippen LogP contribution in [-0.2, 0) is 17.7 Å². The first kappa shape index (κ1) is 22.6. The molecule has 0 unspecified atom stereocenters. The number of ether oxygens (including phenoxy) is 1. The van der Waals surface area contributed by atoms with Crippen LogP contribution in [0.15, 0.2) is 54.7 Å². The summed E-state index contributed by atoms with van der Waals surface area (Å²) in [6, 6.07) is 15.4. The number of carbonyl (C=O) groups excluding carboxylic acids is 2. The van der Waals surface area contributed by atoms with Crippen LogP contribution < -0.4 is 5.32 Å². The Bertz CT molecular complexity index is 1590. The van der Waals surface area contributed by atoms with Crippen LogP contribution in [-0.4, -0.2) is 45.0 Å². The third kappa shape index (κ3) is 4.08. The molecule has 0 fully saturated rings. The van der Waals surface area contributed by atoms with Crippen molar-refractivity contribution in [1.82, 2.24) is 19.9 Å². The van der Waals surface area contributed by atoms with Gasteiger partial charge in [-0.15, -0.1) is 22.7 Å². The van der Waals surface area contributed by atoms with Gasteiger partial charge in [0.05, 0.1) is 40.6 Å². The summed E-state index contributed by atoms with van der Waals surface area (Å²) in [5, 5.41) is 4.61. The van der Waals surface area contributed by atoms with Crippen LogP contribution in [0.3, 0.4) is 0 Å². The van der Waals surface area contributed by atoms with Crippen LogP contribution >= 0.6 is 22.7 Å². The number of nitrogens with one attached hydrogen (secondary N) is 1. The quantitative estimate of drug-likeness (QED) is 0.328. The third-order valence-corrected chi connectivity index (χ3v) is 8.18. The van der Waals surface area contributed by atoms with E-state index in [1.54, 1.807) is 23.2 Å². The molecule has 2 amide bonds. The van der Waals surface area contributed by atoms with E-state index in [0.29, 0.717) is 36.6 Å². The summed E-state index contributed by atoms with van der Waals surface area (Å²) >= 11 is 3.06. The lowest BCUT2D eigenvalue weighted by molar-refractivity contribution is 0.101. The normalized spacial score (nSPS) is 13.1.